The average Bonchev–Trinajstić information content (AvgIpc) is 3.38. The summed E-state index contributed by atoms with van der Waals surface area (Å²) in [7, 11) is 0. The van der Waals surface area contributed by atoms with E-state index in [0.717, 1.165) is 0 Å². The SMILES string of the molecule is CC(C)NC(=O)[C@@H]1[C@@H]2C(=O)NN=C(c3ccccc3NC(=O)CN3CCC(O)CC3)[C@]12C. The summed E-state index contributed by atoms with van der Waals surface area (Å²) in [6.45, 7) is 7.26. The van der Waals surface area contributed by atoms with E-state index in [2.05, 4.69) is 21.2 Å². The Morgan fingerprint density at radius 3 is 2.66 bits per heavy atom. The molecule has 3 amide bonds. The van der Waals surface area contributed by atoms with Gasteiger partial charge in [0.15, 0.2) is 0 Å². The zero-order valence-electron chi connectivity index (χ0n) is 18.7. The highest BCUT2D eigenvalue weighted by Crippen LogP contribution is 2.62. The van der Waals surface area contributed by atoms with Crippen LogP contribution in [0.4, 0.5) is 5.69 Å². The number of para-hydroxylation sites is 1. The van der Waals surface area contributed by atoms with Gasteiger partial charge in [-0.1, -0.05) is 25.1 Å². The van der Waals surface area contributed by atoms with Crippen LogP contribution < -0.4 is 16.1 Å². The van der Waals surface area contributed by atoms with Crippen LogP contribution in [0.1, 0.15) is 39.2 Å². The summed E-state index contributed by atoms with van der Waals surface area (Å²) in [5.41, 5.74) is 3.72. The first-order chi connectivity index (χ1) is 15.2. The third-order valence-corrected chi connectivity index (χ3v) is 6.68. The maximum absolute atomic E-state index is 12.8. The lowest BCUT2D eigenvalue weighted by Gasteiger charge is -2.29. The van der Waals surface area contributed by atoms with E-state index in [1.807, 2.05) is 43.9 Å². The van der Waals surface area contributed by atoms with E-state index < -0.39 is 17.3 Å². The molecular formula is C23H31N5O4. The number of benzene rings is 1. The molecule has 4 N–H and O–H groups in total. The number of aliphatic hydroxyl groups excluding tert-OH is 1. The highest BCUT2D eigenvalue weighted by molar-refractivity contribution is 6.19. The van der Waals surface area contributed by atoms with Crippen molar-refractivity contribution < 1.29 is 19.5 Å². The summed E-state index contributed by atoms with van der Waals surface area (Å²) in [5, 5.41) is 19.9. The highest BCUT2D eigenvalue weighted by Gasteiger charge is 2.72. The molecule has 0 spiro atoms. The summed E-state index contributed by atoms with van der Waals surface area (Å²) >= 11 is 0. The van der Waals surface area contributed by atoms with Crippen molar-refractivity contribution in [2.45, 2.75) is 45.8 Å². The minimum atomic E-state index is -0.731. The number of hydrogen-bond donors (Lipinski definition) is 4. The van der Waals surface area contributed by atoms with Crippen molar-refractivity contribution >= 4 is 29.1 Å². The summed E-state index contributed by atoms with van der Waals surface area (Å²) in [6.07, 6.45) is 1.04. The zero-order valence-corrected chi connectivity index (χ0v) is 18.7. The lowest BCUT2D eigenvalue weighted by molar-refractivity contribution is -0.127. The van der Waals surface area contributed by atoms with Crippen molar-refractivity contribution in [3.8, 4) is 0 Å². The van der Waals surface area contributed by atoms with Crippen LogP contribution in [-0.4, -0.2) is 65.2 Å². The first-order valence-corrected chi connectivity index (χ1v) is 11.2. The number of carbonyl (C=O) groups is 3. The fraction of sp³-hybridized carbons (Fsp3) is 0.565. The predicted molar refractivity (Wildman–Crippen MR) is 120 cm³/mol. The van der Waals surface area contributed by atoms with Gasteiger partial charge in [0, 0.05) is 35.8 Å². The Balaban J connectivity index is 1.53. The van der Waals surface area contributed by atoms with Crippen molar-refractivity contribution in [1.82, 2.24) is 15.6 Å². The largest absolute Gasteiger partial charge is 0.393 e. The van der Waals surface area contributed by atoms with E-state index in [-0.39, 0.29) is 36.4 Å². The maximum Gasteiger partial charge on any atom is 0.245 e. The molecule has 1 aromatic carbocycles. The Morgan fingerprint density at radius 1 is 1.28 bits per heavy atom. The number of hydrazone groups is 1. The molecule has 4 rings (SSSR count). The van der Waals surface area contributed by atoms with Crippen LogP contribution >= 0.6 is 0 Å². The summed E-state index contributed by atoms with van der Waals surface area (Å²) in [4.78, 5) is 40.0. The average molecular weight is 442 g/mol. The molecule has 1 aliphatic carbocycles. The number of rotatable bonds is 6. The van der Waals surface area contributed by atoms with Crippen LogP contribution in [0.15, 0.2) is 29.4 Å². The van der Waals surface area contributed by atoms with Gasteiger partial charge in [-0.2, -0.15) is 5.10 Å². The Hall–Kier alpha value is -2.78. The summed E-state index contributed by atoms with van der Waals surface area (Å²) < 4.78 is 0. The minimum Gasteiger partial charge on any atom is -0.393 e. The Kier molecular flexibility index (Phi) is 6.05. The van der Waals surface area contributed by atoms with Gasteiger partial charge in [-0.25, -0.2) is 5.43 Å². The molecule has 1 saturated heterocycles. The number of piperidine rings is 1. The Morgan fingerprint density at radius 2 is 1.97 bits per heavy atom. The van der Waals surface area contributed by atoms with E-state index in [4.69, 9.17) is 0 Å². The van der Waals surface area contributed by atoms with Crippen LogP contribution in [0.2, 0.25) is 0 Å². The van der Waals surface area contributed by atoms with Gasteiger partial charge in [0.05, 0.1) is 30.2 Å². The van der Waals surface area contributed by atoms with Gasteiger partial charge in [-0.3, -0.25) is 19.3 Å². The maximum atomic E-state index is 12.8. The van der Waals surface area contributed by atoms with Crippen molar-refractivity contribution in [3.63, 3.8) is 0 Å². The second-order valence-corrected chi connectivity index (χ2v) is 9.44. The lowest BCUT2D eigenvalue weighted by atomic mass is 9.89. The number of amides is 3. The third-order valence-electron chi connectivity index (χ3n) is 6.68. The van der Waals surface area contributed by atoms with Gasteiger partial charge in [0.2, 0.25) is 17.7 Å². The van der Waals surface area contributed by atoms with E-state index in [0.29, 0.717) is 42.9 Å². The Labute approximate surface area is 187 Å². The lowest BCUT2D eigenvalue weighted by Crippen LogP contribution is -2.40. The number of likely N-dealkylation sites (tertiary alicyclic amines) is 1. The molecule has 1 saturated carbocycles. The van der Waals surface area contributed by atoms with E-state index >= 15 is 0 Å². The molecule has 0 bridgehead atoms. The van der Waals surface area contributed by atoms with E-state index in [1.165, 1.54) is 0 Å². The quantitative estimate of drug-likeness (QED) is 0.517. The minimum absolute atomic E-state index is 0.0281. The standard InChI is InChI=1S/C23H31N5O4/c1-13(2)24-21(31)18-19-22(32)27-26-20(23(18,19)3)15-6-4-5-7-16(15)25-17(30)12-28-10-8-14(29)9-11-28/h4-7,13-14,18-19,29H,8-12H2,1-3H3,(H,24,31)(H,25,30)(H,27,32)/t18-,19+,23+/m0/s1. The number of fused-ring (bicyclic) bond motifs is 1. The molecule has 9 nitrogen and oxygen atoms in total. The first-order valence-electron chi connectivity index (χ1n) is 11.2. The number of nitrogens with one attached hydrogen (secondary N) is 3. The molecule has 2 aliphatic heterocycles. The van der Waals surface area contributed by atoms with E-state index in [9.17, 15) is 19.5 Å². The third kappa shape index (κ3) is 4.14. The van der Waals surface area contributed by atoms with Crippen molar-refractivity contribution in [2.75, 3.05) is 25.0 Å². The van der Waals surface area contributed by atoms with Crippen LogP contribution in [0, 0.1) is 17.3 Å². The van der Waals surface area contributed by atoms with Gasteiger partial charge >= 0.3 is 0 Å². The molecular weight excluding hydrogens is 410 g/mol. The van der Waals surface area contributed by atoms with Crippen LogP contribution in [0.5, 0.6) is 0 Å². The Bertz CT molecular complexity index is 953. The smallest absolute Gasteiger partial charge is 0.245 e. The van der Waals surface area contributed by atoms with Gasteiger partial charge in [0.25, 0.3) is 0 Å². The van der Waals surface area contributed by atoms with Gasteiger partial charge in [0.1, 0.15) is 0 Å². The first kappa shape index (κ1) is 22.4. The van der Waals surface area contributed by atoms with Gasteiger partial charge < -0.3 is 15.7 Å². The summed E-state index contributed by atoms with van der Waals surface area (Å²) in [6, 6.07) is 7.30. The monoisotopic (exact) mass is 441 g/mol. The second-order valence-electron chi connectivity index (χ2n) is 9.44. The molecule has 0 radical (unpaired) electrons. The fourth-order valence-corrected chi connectivity index (χ4v) is 4.95. The number of anilines is 1. The number of aliphatic hydroxyl groups is 1. The van der Waals surface area contributed by atoms with Crippen molar-refractivity contribution in [2.24, 2.45) is 22.4 Å². The molecule has 172 valence electrons. The molecule has 0 aromatic heterocycles. The molecule has 1 aromatic rings. The van der Waals surface area contributed by atoms with Crippen molar-refractivity contribution in [1.29, 1.82) is 0 Å². The van der Waals surface area contributed by atoms with Crippen molar-refractivity contribution in [3.05, 3.63) is 29.8 Å². The van der Waals surface area contributed by atoms with Crippen LogP contribution in [0.3, 0.4) is 0 Å². The number of hydrogen-bond acceptors (Lipinski definition) is 6. The zero-order chi connectivity index (χ0) is 23.0. The topological polar surface area (TPSA) is 123 Å². The molecule has 2 heterocycles. The molecule has 3 aliphatic rings. The summed E-state index contributed by atoms with van der Waals surface area (Å²) in [5.74, 6) is -1.56. The van der Waals surface area contributed by atoms with E-state index in [1.54, 1.807) is 6.07 Å². The second kappa shape index (κ2) is 8.63. The van der Waals surface area contributed by atoms with Crippen LogP contribution in [0.25, 0.3) is 0 Å². The molecule has 0 unspecified atom stereocenters. The predicted octanol–water partition coefficient (Wildman–Crippen LogP) is 0.693. The molecule has 9 heteroatoms. The number of nitrogens with zero attached hydrogens (tertiary/aromatic N) is 2. The normalized spacial score (nSPS) is 27.9. The molecule has 3 atom stereocenters. The number of carbonyl (C=O) groups excluding carboxylic acids is 3. The fourth-order valence-electron chi connectivity index (χ4n) is 4.95. The highest BCUT2D eigenvalue weighted by atomic mass is 16.3. The molecule has 2 fully saturated rings. The van der Waals surface area contributed by atoms with Crippen LogP contribution in [-0.2, 0) is 14.4 Å². The van der Waals surface area contributed by atoms with Gasteiger partial charge in [-0.05, 0) is 32.8 Å². The molecule has 32 heavy (non-hydrogen) atoms. The van der Waals surface area contributed by atoms with Gasteiger partial charge in [-0.15, -0.1) is 0 Å².